The normalized spacial score (nSPS) is 24.5. The van der Waals surface area contributed by atoms with E-state index in [1.807, 2.05) is 6.92 Å². The molecule has 3 rings (SSSR count). The van der Waals surface area contributed by atoms with Crippen molar-refractivity contribution in [2.75, 3.05) is 19.3 Å². The molecule has 1 atom stereocenters. The van der Waals surface area contributed by atoms with Crippen LogP contribution in [0.2, 0.25) is 0 Å². The highest BCUT2D eigenvalue weighted by Gasteiger charge is 2.47. The van der Waals surface area contributed by atoms with Gasteiger partial charge in [0.2, 0.25) is 0 Å². The molecule has 1 unspecified atom stereocenters. The monoisotopic (exact) mass is 309 g/mol. The number of sulfone groups is 1. The Labute approximate surface area is 124 Å². The fourth-order valence-corrected chi connectivity index (χ4v) is 3.83. The summed E-state index contributed by atoms with van der Waals surface area (Å²) in [5.41, 5.74) is -0.0725. The number of hydrogen-bond donors (Lipinski definition) is 1. The van der Waals surface area contributed by atoms with E-state index in [1.54, 1.807) is 6.07 Å². The maximum atomic E-state index is 12.7. The van der Waals surface area contributed by atoms with E-state index in [0.29, 0.717) is 11.3 Å². The summed E-state index contributed by atoms with van der Waals surface area (Å²) in [6.45, 7) is 3.53. The Morgan fingerprint density at radius 2 is 1.95 bits per heavy atom. The number of Topliss-reactive ketones (excluding diaryl/α,β-unsaturated/α-hetero) is 1. The molecule has 1 aromatic rings. The van der Waals surface area contributed by atoms with E-state index in [9.17, 15) is 13.2 Å². The largest absolute Gasteiger partial charge is 0.486 e. The number of ether oxygens (including phenoxy) is 1. The molecule has 1 N–H and O–H groups in total. The molecule has 0 bridgehead atoms. The molecule has 21 heavy (non-hydrogen) atoms. The summed E-state index contributed by atoms with van der Waals surface area (Å²) in [5, 5.41) is 3.27. The van der Waals surface area contributed by atoms with Gasteiger partial charge < -0.3 is 10.1 Å². The molecular weight excluding hydrogens is 290 g/mol. The second-order valence-corrected chi connectivity index (χ2v) is 7.95. The Morgan fingerprint density at radius 3 is 2.57 bits per heavy atom. The summed E-state index contributed by atoms with van der Waals surface area (Å²) < 4.78 is 29.4. The SMILES string of the molecule is CC1C(=O)c2cc(S(C)(=O)=O)ccc2OC12CCNCC2. The lowest BCUT2D eigenvalue weighted by Gasteiger charge is -2.45. The summed E-state index contributed by atoms with van der Waals surface area (Å²) in [6.07, 6.45) is 2.71. The molecule has 2 aliphatic rings. The molecular formula is C15H19NO4S. The van der Waals surface area contributed by atoms with Gasteiger partial charge >= 0.3 is 0 Å². The quantitative estimate of drug-likeness (QED) is 0.849. The van der Waals surface area contributed by atoms with Gasteiger partial charge in [0, 0.05) is 19.1 Å². The number of piperidine rings is 1. The molecule has 1 fully saturated rings. The second kappa shape index (κ2) is 4.81. The van der Waals surface area contributed by atoms with Crippen LogP contribution >= 0.6 is 0 Å². The minimum Gasteiger partial charge on any atom is -0.486 e. The smallest absolute Gasteiger partial charge is 0.175 e. The van der Waals surface area contributed by atoms with Crippen LogP contribution in [0, 0.1) is 5.92 Å². The maximum absolute atomic E-state index is 12.7. The summed E-state index contributed by atoms with van der Waals surface area (Å²) in [7, 11) is -3.33. The molecule has 0 aliphatic carbocycles. The number of benzene rings is 1. The first kappa shape index (κ1) is 14.5. The van der Waals surface area contributed by atoms with E-state index in [1.165, 1.54) is 12.1 Å². The first-order valence-electron chi connectivity index (χ1n) is 7.12. The highest BCUT2D eigenvalue weighted by molar-refractivity contribution is 7.90. The molecule has 1 spiro atoms. The third-order valence-electron chi connectivity index (χ3n) is 4.59. The fraction of sp³-hybridized carbons (Fsp3) is 0.533. The van der Waals surface area contributed by atoms with E-state index in [4.69, 9.17) is 4.74 Å². The van der Waals surface area contributed by atoms with Crippen molar-refractivity contribution in [3.05, 3.63) is 23.8 Å². The summed E-state index contributed by atoms with van der Waals surface area (Å²) in [5.74, 6) is 0.220. The van der Waals surface area contributed by atoms with Crippen molar-refractivity contribution in [2.45, 2.75) is 30.3 Å². The molecule has 5 nitrogen and oxygen atoms in total. The van der Waals surface area contributed by atoms with Crippen LogP contribution in [0.15, 0.2) is 23.1 Å². The van der Waals surface area contributed by atoms with Gasteiger partial charge in [0.1, 0.15) is 11.4 Å². The van der Waals surface area contributed by atoms with Crippen LogP contribution in [0.5, 0.6) is 5.75 Å². The van der Waals surface area contributed by atoms with Gasteiger partial charge in [0.05, 0.1) is 16.4 Å². The van der Waals surface area contributed by atoms with Crippen molar-refractivity contribution < 1.29 is 17.9 Å². The average molecular weight is 309 g/mol. The number of carbonyl (C=O) groups is 1. The average Bonchev–Trinajstić information content (AvgIpc) is 2.45. The summed E-state index contributed by atoms with van der Waals surface area (Å²) in [4.78, 5) is 12.8. The molecule has 114 valence electrons. The van der Waals surface area contributed by atoms with Crippen LogP contribution in [-0.2, 0) is 9.84 Å². The van der Waals surface area contributed by atoms with Crippen molar-refractivity contribution in [3.8, 4) is 5.75 Å². The van der Waals surface area contributed by atoms with Crippen molar-refractivity contribution >= 4 is 15.6 Å². The molecule has 1 aromatic carbocycles. The van der Waals surface area contributed by atoms with Gasteiger partial charge in [-0.1, -0.05) is 6.92 Å². The minimum atomic E-state index is -3.33. The molecule has 0 radical (unpaired) electrons. The van der Waals surface area contributed by atoms with Gasteiger partial charge in [-0.2, -0.15) is 0 Å². The van der Waals surface area contributed by atoms with Crippen LogP contribution in [0.1, 0.15) is 30.1 Å². The number of hydrogen-bond acceptors (Lipinski definition) is 5. The lowest BCUT2D eigenvalue weighted by Crippen LogP contribution is -2.55. The number of ketones is 1. The lowest BCUT2D eigenvalue weighted by atomic mass is 9.75. The Balaban J connectivity index is 2.06. The van der Waals surface area contributed by atoms with Crippen molar-refractivity contribution in [1.29, 1.82) is 0 Å². The Morgan fingerprint density at radius 1 is 1.29 bits per heavy atom. The van der Waals surface area contributed by atoms with E-state index in [2.05, 4.69) is 5.32 Å². The first-order valence-corrected chi connectivity index (χ1v) is 9.01. The standard InChI is InChI=1S/C15H19NO4S/c1-10-14(17)12-9-11(21(2,18)19)3-4-13(12)20-15(10)5-7-16-8-6-15/h3-4,9-10,16H,5-8H2,1-2H3. The predicted molar refractivity (Wildman–Crippen MR) is 78.5 cm³/mol. The van der Waals surface area contributed by atoms with E-state index < -0.39 is 15.4 Å². The second-order valence-electron chi connectivity index (χ2n) is 5.93. The lowest BCUT2D eigenvalue weighted by molar-refractivity contribution is -0.0153. The molecule has 0 aromatic heterocycles. The van der Waals surface area contributed by atoms with Crippen molar-refractivity contribution in [1.82, 2.24) is 5.32 Å². The summed E-state index contributed by atoms with van der Waals surface area (Å²) in [6, 6.07) is 4.56. The van der Waals surface area contributed by atoms with E-state index >= 15 is 0 Å². The fourth-order valence-electron chi connectivity index (χ4n) is 3.19. The third-order valence-corrected chi connectivity index (χ3v) is 5.70. The zero-order chi connectivity index (χ0) is 15.3. The predicted octanol–water partition coefficient (Wildman–Crippen LogP) is 1.42. The van der Waals surface area contributed by atoms with E-state index in [-0.39, 0.29) is 16.6 Å². The summed E-state index contributed by atoms with van der Waals surface area (Å²) >= 11 is 0. The van der Waals surface area contributed by atoms with Gasteiger partial charge in [0.25, 0.3) is 0 Å². The number of nitrogens with one attached hydrogen (secondary N) is 1. The van der Waals surface area contributed by atoms with Crippen LogP contribution in [0.25, 0.3) is 0 Å². The molecule has 1 saturated heterocycles. The van der Waals surface area contributed by atoms with Gasteiger partial charge in [-0.05, 0) is 31.3 Å². The number of carbonyl (C=O) groups excluding carboxylic acids is 1. The van der Waals surface area contributed by atoms with Gasteiger partial charge in [-0.15, -0.1) is 0 Å². The Bertz CT molecular complexity index is 690. The Hall–Kier alpha value is -1.40. The Kier molecular flexibility index (Phi) is 3.33. The maximum Gasteiger partial charge on any atom is 0.175 e. The minimum absolute atomic E-state index is 0.0244. The van der Waals surface area contributed by atoms with Crippen LogP contribution in [0.3, 0.4) is 0 Å². The topological polar surface area (TPSA) is 72.5 Å². The highest BCUT2D eigenvalue weighted by atomic mass is 32.2. The van der Waals surface area contributed by atoms with Gasteiger partial charge in [0.15, 0.2) is 15.6 Å². The van der Waals surface area contributed by atoms with E-state index in [0.717, 1.165) is 32.2 Å². The van der Waals surface area contributed by atoms with Crippen molar-refractivity contribution in [2.24, 2.45) is 5.92 Å². The molecule has 0 amide bonds. The molecule has 6 heteroatoms. The molecule has 0 saturated carbocycles. The van der Waals surface area contributed by atoms with Crippen molar-refractivity contribution in [3.63, 3.8) is 0 Å². The van der Waals surface area contributed by atoms with Crippen LogP contribution < -0.4 is 10.1 Å². The number of rotatable bonds is 1. The molecule has 2 heterocycles. The van der Waals surface area contributed by atoms with Gasteiger partial charge in [-0.25, -0.2) is 8.42 Å². The van der Waals surface area contributed by atoms with Gasteiger partial charge in [-0.3, -0.25) is 4.79 Å². The zero-order valence-corrected chi connectivity index (χ0v) is 13.0. The van der Waals surface area contributed by atoms with Crippen LogP contribution in [0.4, 0.5) is 0 Å². The third kappa shape index (κ3) is 2.36. The highest BCUT2D eigenvalue weighted by Crippen LogP contribution is 2.42. The van der Waals surface area contributed by atoms with Crippen LogP contribution in [-0.4, -0.2) is 39.1 Å². The first-order chi connectivity index (χ1) is 9.83. The zero-order valence-electron chi connectivity index (χ0n) is 12.2. The molecule has 2 aliphatic heterocycles. The number of fused-ring (bicyclic) bond motifs is 1.